The molecule has 7 nitrogen and oxygen atoms in total. The molecule has 0 bridgehead atoms. The molecule has 8 heteroatoms. The lowest BCUT2D eigenvalue weighted by Crippen LogP contribution is -2.33. The van der Waals surface area contributed by atoms with Crippen LogP contribution in [0.4, 0.5) is 10.1 Å². The monoisotopic (exact) mass is 285 g/mol. The van der Waals surface area contributed by atoms with E-state index in [1.807, 2.05) is 0 Å². The topological polar surface area (TPSA) is 111 Å². The van der Waals surface area contributed by atoms with E-state index in [4.69, 9.17) is 15.7 Å². The quantitative estimate of drug-likeness (QED) is 0.274. The van der Waals surface area contributed by atoms with Crippen LogP contribution in [0.1, 0.15) is 20.3 Å². The molecule has 0 unspecified atom stereocenters. The number of rotatable bonds is 6. The highest BCUT2D eigenvalue weighted by molar-refractivity contribution is 5.85. The van der Waals surface area contributed by atoms with E-state index in [-0.39, 0.29) is 12.4 Å². The predicted octanol–water partition coefficient (Wildman–Crippen LogP) is 2.28. The van der Waals surface area contributed by atoms with Crippen LogP contribution in [0, 0.1) is 21.3 Å². The first-order valence-corrected chi connectivity index (χ1v) is 5.83. The van der Waals surface area contributed by atoms with Crippen LogP contribution < -0.4 is 10.5 Å². The number of halogens is 1. The average Bonchev–Trinajstić information content (AvgIpc) is 2.39. The third-order valence-corrected chi connectivity index (χ3v) is 2.92. The van der Waals surface area contributed by atoms with Crippen LogP contribution in [0.2, 0.25) is 0 Å². The summed E-state index contributed by atoms with van der Waals surface area (Å²) < 4.78 is 18.7. The molecule has 0 atom stereocenters. The van der Waals surface area contributed by atoms with Gasteiger partial charge >= 0.3 is 5.69 Å². The molecule has 20 heavy (non-hydrogen) atoms. The first kappa shape index (κ1) is 15.7. The minimum atomic E-state index is -0.805. The van der Waals surface area contributed by atoms with E-state index < -0.39 is 27.6 Å². The summed E-state index contributed by atoms with van der Waals surface area (Å²) in [7, 11) is 0. The highest BCUT2D eigenvalue weighted by Crippen LogP contribution is 2.30. The van der Waals surface area contributed by atoms with Crippen LogP contribution >= 0.6 is 0 Å². The maximum Gasteiger partial charge on any atom is 0.314 e. The van der Waals surface area contributed by atoms with Crippen molar-refractivity contribution in [3.63, 3.8) is 0 Å². The summed E-state index contributed by atoms with van der Waals surface area (Å²) in [5, 5.41) is 22.3. The number of para-hydroxylation sites is 1. The van der Waals surface area contributed by atoms with Crippen LogP contribution in [0.5, 0.6) is 5.75 Å². The van der Waals surface area contributed by atoms with Crippen molar-refractivity contribution in [1.82, 2.24) is 0 Å². The zero-order chi connectivity index (χ0) is 15.3. The van der Waals surface area contributed by atoms with Gasteiger partial charge < -0.3 is 15.7 Å². The molecule has 1 aromatic carbocycles. The molecule has 0 fully saturated rings. The summed E-state index contributed by atoms with van der Waals surface area (Å²) in [5.74, 6) is -1.21. The van der Waals surface area contributed by atoms with Gasteiger partial charge in [-0.05, 0) is 12.5 Å². The molecule has 0 amide bonds. The van der Waals surface area contributed by atoms with E-state index in [0.29, 0.717) is 6.42 Å². The second-order valence-corrected chi connectivity index (χ2v) is 4.81. The Labute approximate surface area is 115 Å². The number of oxime groups is 1. The fraction of sp³-hybridized carbons (Fsp3) is 0.417. The molecule has 1 rings (SSSR count). The largest absolute Gasteiger partial charge is 0.485 e. The molecule has 0 saturated heterocycles. The van der Waals surface area contributed by atoms with Gasteiger partial charge in [0.15, 0.2) is 5.82 Å². The number of nitro benzene ring substituents is 1. The number of hydrogen-bond donors (Lipinski definition) is 2. The Morgan fingerprint density at radius 3 is 2.80 bits per heavy atom. The highest BCUT2D eigenvalue weighted by atomic mass is 19.1. The van der Waals surface area contributed by atoms with E-state index in [1.54, 1.807) is 13.8 Å². The molecule has 0 radical (unpaired) electrons. The van der Waals surface area contributed by atoms with Gasteiger partial charge in [-0.25, -0.2) is 4.39 Å². The van der Waals surface area contributed by atoms with E-state index in [1.165, 1.54) is 6.07 Å². The average molecular weight is 285 g/mol. The summed E-state index contributed by atoms with van der Waals surface area (Å²) in [4.78, 5) is 10.1. The first-order valence-electron chi connectivity index (χ1n) is 5.83. The molecule has 3 N–H and O–H groups in total. The van der Waals surface area contributed by atoms with Crippen molar-refractivity contribution >= 4 is 11.5 Å². The molecule has 0 aromatic heterocycles. The van der Waals surface area contributed by atoms with Crippen molar-refractivity contribution in [2.45, 2.75) is 20.3 Å². The third kappa shape index (κ3) is 3.56. The van der Waals surface area contributed by atoms with Gasteiger partial charge in [0.25, 0.3) is 0 Å². The van der Waals surface area contributed by atoms with Crippen LogP contribution in [0.25, 0.3) is 0 Å². The van der Waals surface area contributed by atoms with Crippen molar-refractivity contribution in [2.24, 2.45) is 16.3 Å². The fourth-order valence-corrected chi connectivity index (χ4v) is 1.46. The molecule has 110 valence electrons. The van der Waals surface area contributed by atoms with Crippen LogP contribution in [-0.4, -0.2) is 22.6 Å². The lowest BCUT2D eigenvalue weighted by molar-refractivity contribution is -0.386. The zero-order valence-corrected chi connectivity index (χ0v) is 11.2. The van der Waals surface area contributed by atoms with Gasteiger partial charge in [0.2, 0.25) is 5.75 Å². The maximum atomic E-state index is 13.5. The zero-order valence-electron chi connectivity index (χ0n) is 11.2. The Hall–Kier alpha value is -2.38. The summed E-state index contributed by atoms with van der Waals surface area (Å²) in [6.07, 6.45) is 0.300. The highest BCUT2D eigenvalue weighted by Gasteiger charge is 2.25. The van der Waals surface area contributed by atoms with Gasteiger partial charge in [-0.15, -0.1) is 0 Å². The predicted molar refractivity (Wildman–Crippen MR) is 70.4 cm³/mol. The lowest BCUT2D eigenvalue weighted by Gasteiger charge is -2.22. The number of ether oxygens (including phenoxy) is 1. The van der Waals surface area contributed by atoms with Gasteiger partial charge in [-0.2, -0.15) is 0 Å². The molecule has 0 aliphatic rings. The fourth-order valence-electron chi connectivity index (χ4n) is 1.46. The van der Waals surface area contributed by atoms with E-state index in [2.05, 4.69) is 5.16 Å². The number of nitro groups is 1. The second-order valence-electron chi connectivity index (χ2n) is 4.81. The molecule has 0 heterocycles. The van der Waals surface area contributed by atoms with Gasteiger partial charge in [0.05, 0.1) is 11.5 Å². The van der Waals surface area contributed by atoms with Gasteiger partial charge in [0.1, 0.15) is 5.84 Å². The molecular formula is C12H16FN3O4. The Morgan fingerprint density at radius 1 is 1.60 bits per heavy atom. The summed E-state index contributed by atoms with van der Waals surface area (Å²) >= 11 is 0. The van der Waals surface area contributed by atoms with E-state index in [9.17, 15) is 14.5 Å². The molecule has 0 aliphatic heterocycles. The Morgan fingerprint density at radius 2 is 2.25 bits per heavy atom. The molecule has 0 aliphatic carbocycles. The van der Waals surface area contributed by atoms with Crippen LogP contribution in [0.15, 0.2) is 23.4 Å². The number of nitrogens with zero attached hydrogens (tertiary/aromatic N) is 2. The Kier molecular flexibility index (Phi) is 4.84. The normalized spacial score (nSPS) is 12.2. The summed E-state index contributed by atoms with van der Waals surface area (Å²) in [5.41, 5.74) is 4.39. The SMILES string of the molecule is CC(C)(CCOc1c(F)cccc1[N+](=O)[O-])/C(N)=N/O. The maximum absolute atomic E-state index is 13.5. The van der Waals surface area contributed by atoms with E-state index >= 15 is 0 Å². The number of benzene rings is 1. The standard InChI is InChI=1S/C12H16FN3O4/c1-12(2,11(14)15-17)6-7-20-10-8(13)4-3-5-9(10)16(18)19/h3-5,17H,6-7H2,1-2H3,(H2,14,15). The van der Waals surface area contributed by atoms with Gasteiger partial charge in [-0.1, -0.05) is 25.1 Å². The Balaban J connectivity index is 2.79. The van der Waals surface area contributed by atoms with E-state index in [0.717, 1.165) is 12.1 Å². The van der Waals surface area contributed by atoms with Crippen LogP contribution in [0.3, 0.4) is 0 Å². The van der Waals surface area contributed by atoms with Crippen molar-refractivity contribution < 1.29 is 19.3 Å². The number of amidine groups is 1. The molecule has 1 aromatic rings. The van der Waals surface area contributed by atoms with Crippen molar-refractivity contribution in [2.75, 3.05) is 6.61 Å². The minimum Gasteiger partial charge on any atom is -0.485 e. The van der Waals surface area contributed by atoms with Crippen LogP contribution in [-0.2, 0) is 0 Å². The summed E-state index contributed by atoms with van der Waals surface area (Å²) in [6, 6.07) is 3.48. The van der Waals surface area contributed by atoms with Crippen molar-refractivity contribution in [1.29, 1.82) is 0 Å². The number of nitrogens with two attached hydrogens (primary N) is 1. The second kappa shape index (κ2) is 6.18. The van der Waals surface area contributed by atoms with Gasteiger partial charge in [-0.3, -0.25) is 10.1 Å². The Bertz CT molecular complexity index is 531. The van der Waals surface area contributed by atoms with Crippen molar-refractivity contribution in [3.8, 4) is 5.75 Å². The smallest absolute Gasteiger partial charge is 0.314 e. The third-order valence-electron chi connectivity index (χ3n) is 2.92. The molecule has 0 spiro atoms. The summed E-state index contributed by atoms with van der Waals surface area (Å²) in [6.45, 7) is 3.41. The van der Waals surface area contributed by atoms with Crippen molar-refractivity contribution in [3.05, 3.63) is 34.1 Å². The first-order chi connectivity index (χ1) is 9.29. The molecule has 0 saturated carbocycles. The minimum absolute atomic E-state index is 0.00383. The lowest BCUT2D eigenvalue weighted by atomic mass is 9.88. The number of hydrogen-bond acceptors (Lipinski definition) is 5. The molecular weight excluding hydrogens is 269 g/mol. The van der Waals surface area contributed by atoms with Gasteiger partial charge in [0, 0.05) is 11.5 Å².